The predicted octanol–water partition coefficient (Wildman–Crippen LogP) is 5.49. The number of rotatable bonds is 2. The Morgan fingerprint density at radius 1 is 1.18 bits per heavy atom. The number of ether oxygens (including phenoxy) is 1. The maximum atomic E-state index is 13.6. The van der Waals surface area contributed by atoms with Gasteiger partial charge in [0, 0.05) is 5.56 Å². The van der Waals surface area contributed by atoms with Crippen molar-refractivity contribution in [1.29, 1.82) is 0 Å². The Bertz CT molecular complexity index is 695. The van der Waals surface area contributed by atoms with Crippen LogP contribution >= 0.6 is 11.6 Å². The van der Waals surface area contributed by atoms with Gasteiger partial charge in [0.1, 0.15) is 11.4 Å². The van der Waals surface area contributed by atoms with Crippen molar-refractivity contribution in [3.05, 3.63) is 53.3 Å². The lowest BCUT2D eigenvalue weighted by molar-refractivity contribution is 0.0636. The number of anilines is 1. The van der Waals surface area contributed by atoms with E-state index in [0.29, 0.717) is 16.8 Å². The van der Waals surface area contributed by atoms with Gasteiger partial charge in [-0.2, -0.15) is 0 Å². The average Bonchev–Trinajstić information content (AvgIpc) is 2.40. The highest BCUT2D eigenvalue weighted by molar-refractivity contribution is 6.30. The molecule has 2 aromatic carbocycles. The molecule has 0 aliphatic rings. The summed E-state index contributed by atoms with van der Waals surface area (Å²) in [7, 11) is 0. The zero-order chi connectivity index (χ0) is 16.3. The lowest BCUT2D eigenvalue weighted by atomic mass is 10.0. The Hall–Kier alpha value is -2.07. The van der Waals surface area contributed by atoms with Gasteiger partial charge in [-0.3, -0.25) is 5.32 Å². The van der Waals surface area contributed by atoms with E-state index in [2.05, 4.69) is 5.32 Å². The predicted molar refractivity (Wildman–Crippen MR) is 86.7 cm³/mol. The minimum Gasteiger partial charge on any atom is -0.444 e. The van der Waals surface area contributed by atoms with Crippen molar-refractivity contribution >= 4 is 23.4 Å². The standard InChI is InChI=1S/C17H17ClFNO2/c1-17(2,3)22-16(21)20-15-7-5-4-6-12(15)11-8-9-13(18)14(19)10-11/h4-10H,1-3H3,(H,20,21). The Labute approximate surface area is 134 Å². The number of nitrogens with one attached hydrogen (secondary N) is 1. The van der Waals surface area contributed by atoms with Crippen LogP contribution in [0.5, 0.6) is 0 Å². The summed E-state index contributed by atoms with van der Waals surface area (Å²) in [5.74, 6) is -0.508. The summed E-state index contributed by atoms with van der Waals surface area (Å²) in [6.45, 7) is 5.35. The Morgan fingerprint density at radius 3 is 2.50 bits per heavy atom. The number of hydrogen-bond donors (Lipinski definition) is 1. The molecule has 5 heteroatoms. The van der Waals surface area contributed by atoms with Crippen LogP contribution in [0.15, 0.2) is 42.5 Å². The van der Waals surface area contributed by atoms with E-state index < -0.39 is 17.5 Å². The highest BCUT2D eigenvalue weighted by atomic mass is 35.5. The molecule has 0 heterocycles. The quantitative estimate of drug-likeness (QED) is 0.793. The molecule has 0 atom stereocenters. The van der Waals surface area contributed by atoms with E-state index in [1.807, 2.05) is 6.07 Å². The summed E-state index contributed by atoms with van der Waals surface area (Å²) in [6, 6.07) is 11.6. The molecule has 1 amide bonds. The van der Waals surface area contributed by atoms with E-state index in [1.165, 1.54) is 12.1 Å². The first-order valence-corrected chi connectivity index (χ1v) is 7.18. The van der Waals surface area contributed by atoms with Crippen molar-refractivity contribution in [3.63, 3.8) is 0 Å². The van der Waals surface area contributed by atoms with Gasteiger partial charge in [-0.1, -0.05) is 35.9 Å². The summed E-state index contributed by atoms with van der Waals surface area (Å²) in [4.78, 5) is 11.9. The van der Waals surface area contributed by atoms with Gasteiger partial charge in [-0.05, 0) is 44.5 Å². The fraction of sp³-hybridized carbons (Fsp3) is 0.235. The first kappa shape index (κ1) is 16.3. The molecular weight excluding hydrogens is 305 g/mol. The molecule has 0 bridgehead atoms. The van der Waals surface area contributed by atoms with Crippen molar-refractivity contribution in [2.24, 2.45) is 0 Å². The van der Waals surface area contributed by atoms with Crippen LogP contribution in [0.2, 0.25) is 5.02 Å². The molecule has 0 aliphatic heterocycles. The average molecular weight is 322 g/mol. The van der Waals surface area contributed by atoms with Gasteiger partial charge in [-0.25, -0.2) is 9.18 Å². The zero-order valence-corrected chi connectivity index (χ0v) is 13.4. The number of benzene rings is 2. The molecule has 0 aromatic heterocycles. The van der Waals surface area contributed by atoms with Crippen molar-refractivity contribution in [3.8, 4) is 11.1 Å². The number of hydrogen-bond acceptors (Lipinski definition) is 2. The normalized spacial score (nSPS) is 11.1. The van der Waals surface area contributed by atoms with Gasteiger partial charge in [0.25, 0.3) is 0 Å². The maximum absolute atomic E-state index is 13.6. The number of carbonyl (C=O) groups excluding carboxylic acids is 1. The van der Waals surface area contributed by atoms with Crippen molar-refractivity contribution in [2.45, 2.75) is 26.4 Å². The number of carbonyl (C=O) groups is 1. The van der Waals surface area contributed by atoms with Gasteiger partial charge < -0.3 is 4.74 Å². The fourth-order valence-electron chi connectivity index (χ4n) is 1.92. The van der Waals surface area contributed by atoms with Crippen LogP contribution in [-0.4, -0.2) is 11.7 Å². The third-order valence-electron chi connectivity index (χ3n) is 2.79. The molecule has 2 aromatic rings. The second-order valence-electron chi connectivity index (χ2n) is 5.80. The topological polar surface area (TPSA) is 38.3 Å². The van der Waals surface area contributed by atoms with Crippen LogP contribution in [-0.2, 0) is 4.74 Å². The second kappa shape index (κ2) is 6.36. The molecule has 3 nitrogen and oxygen atoms in total. The van der Waals surface area contributed by atoms with Gasteiger partial charge >= 0.3 is 6.09 Å². The van der Waals surface area contributed by atoms with E-state index in [9.17, 15) is 9.18 Å². The first-order chi connectivity index (χ1) is 10.3. The molecule has 0 spiro atoms. The van der Waals surface area contributed by atoms with Crippen molar-refractivity contribution in [1.82, 2.24) is 0 Å². The Morgan fingerprint density at radius 2 is 1.86 bits per heavy atom. The summed E-state index contributed by atoms with van der Waals surface area (Å²) in [6.07, 6.45) is -0.561. The molecule has 22 heavy (non-hydrogen) atoms. The zero-order valence-electron chi connectivity index (χ0n) is 12.6. The summed E-state index contributed by atoms with van der Waals surface area (Å²) >= 11 is 5.70. The lowest BCUT2D eigenvalue weighted by Gasteiger charge is -2.20. The van der Waals surface area contributed by atoms with Crippen LogP contribution in [0.4, 0.5) is 14.9 Å². The van der Waals surface area contributed by atoms with Crippen molar-refractivity contribution in [2.75, 3.05) is 5.32 Å². The molecule has 0 unspecified atom stereocenters. The maximum Gasteiger partial charge on any atom is 0.412 e. The van der Waals surface area contributed by atoms with E-state index in [-0.39, 0.29) is 5.02 Å². The third-order valence-corrected chi connectivity index (χ3v) is 3.10. The molecule has 2 rings (SSSR count). The minimum atomic E-state index is -0.592. The van der Waals surface area contributed by atoms with E-state index >= 15 is 0 Å². The molecule has 0 radical (unpaired) electrons. The molecule has 1 N–H and O–H groups in total. The first-order valence-electron chi connectivity index (χ1n) is 6.81. The van der Waals surface area contributed by atoms with Crippen LogP contribution < -0.4 is 5.32 Å². The highest BCUT2D eigenvalue weighted by Crippen LogP contribution is 2.30. The number of halogens is 2. The van der Waals surface area contributed by atoms with Gasteiger partial charge in [-0.15, -0.1) is 0 Å². The molecule has 0 saturated heterocycles. The molecular formula is C17H17ClFNO2. The van der Waals surface area contributed by atoms with Crippen molar-refractivity contribution < 1.29 is 13.9 Å². The monoisotopic (exact) mass is 321 g/mol. The largest absolute Gasteiger partial charge is 0.444 e. The van der Waals surface area contributed by atoms with E-state index in [4.69, 9.17) is 16.3 Å². The number of amides is 1. The van der Waals surface area contributed by atoms with Gasteiger partial charge in [0.05, 0.1) is 10.7 Å². The summed E-state index contributed by atoms with van der Waals surface area (Å²) < 4.78 is 18.9. The Kier molecular flexibility index (Phi) is 4.71. The lowest BCUT2D eigenvalue weighted by Crippen LogP contribution is -2.27. The smallest absolute Gasteiger partial charge is 0.412 e. The third kappa shape index (κ3) is 4.21. The Balaban J connectivity index is 2.30. The molecule has 0 saturated carbocycles. The SMILES string of the molecule is CC(C)(C)OC(=O)Nc1ccccc1-c1ccc(Cl)c(F)c1. The minimum absolute atomic E-state index is 0.0568. The van der Waals surface area contributed by atoms with Gasteiger partial charge in [0.2, 0.25) is 0 Å². The molecule has 116 valence electrons. The van der Waals surface area contributed by atoms with E-state index in [0.717, 1.165) is 0 Å². The highest BCUT2D eigenvalue weighted by Gasteiger charge is 2.17. The van der Waals surface area contributed by atoms with Crippen LogP contribution in [0.25, 0.3) is 11.1 Å². The van der Waals surface area contributed by atoms with Crippen LogP contribution in [0, 0.1) is 5.82 Å². The van der Waals surface area contributed by atoms with Crippen LogP contribution in [0.1, 0.15) is 20.8 Å². The summed E-state index contributed by atoms with van der Waals surface area (Å²) in [5.41, 5.74) is 1.25. The molecule has 0 fully saturated rings. The molecule has 0 aliphatic carbocycles. The second-order valence-corrected chi connectivity index (χ2v) is 6.21. The summed E-state index contributed by atoms with van der Waals surface area (Å²) in [5, 5.41) is 2.74. The van der Waals surface area contributed by atoms with Gasteiger partial charge in [0.15, 0.2) is 0 Å². The van der Waals surface area contributed by atoms with E-state index in [1.54, 1.807) is 45.0 Å². The fourth-order valence-corrected chi connectivity index (χ4v) is 2.04. The number of para-hydroxylation sites is 1. The van der Waals surface area contributed by atoms with Crippen LogP contribution in [0.3, 0.4) is 0 Å².